The van der Waals surface area contributed by atoms with Gasteiger partial charge < -0.3 is 4.74 Å². The summed E-state index contributed by atoms with van der Waals surface area (Å²) < 4.78 is 90.6. The van der Waals surface area contributed by atoms with Crippen molar-refractivity contribution < 1.29 is 40.3 Å². The Balaban J connectivity index is 2.91. The highest BCUT2D eigenvalue weighted by atomic mass is 35.5. The highest BCUT2D eigenvalue weighted by Crippen LogP contribution is 2.47. The summed E-state index contributed by atoms with van der Waals surface area (Å²) in [5.41, 5.74) is -0.145. The molecule has 1 aromatic carbocycles. The van der Waals surface area contributed by atoms with Crippen LogP contribution in [0.4, 0.5) is 30.7 Å². The average molecular weight is 373 g/mol. The molecule has 0 aliphatic heterocycles. The summed E-state index contributed by atoms with van der Waals surface area (Å²) in [4.78, 5) is 10.9. The van der Waals surface area contributed by atoms with Crippen LogP contribution in [-0.4, -0.2) is 24.0 Å². The van der Waals surface area contributed by atoms with Gasteiger partial charge in [0.2, 0.25) is 0 Å². The summed E-state index contributed by atoms with van der Waals surface area (Å²) in [6, 6.07) is 3.55. The maximum atomic E-state index is 13.0. The Labute approximate surface area is 128 Å². The molecule has 124 valence electrons. The maximum absolute atomic E-state index is 13.0. The Kier molecular flexibility index (Phi) is 5.23. The molecule has 0 aromatic heterocycles. The Bertz CT molecular complexity index is 572. The molecule has 0 saturated heterocycles. The first-order valence-electron chi connectivity index (χ1n) is 5.24. The fraction of sp³-hybridized carbons (Fsp3) is 0.364. The quantitative estimate of drug-likeness (QED) is 0.556. The predicted molar refractivity (Wildman–Crippen MR) is 62.2 cm³/mol. The first kappa shape index (κ1) is 18.8. The molecule has 0 unspecified atom stereocenters. The van der Waals surface area contributed by atoms with Gasteiger partial charge in [-0.25, -0.2) is 4.79 Å². The van der Waals surface area contributed by atoms with Crippen LogP contribution >= 0.6 is 23.2 Å². The smallest absolute Gasteiger partial charge is 0.456 e. The van der Waals surface area contributed by atoms with Gasteiger partial charge in [-0.05, 0) is 18.2 Å². The van der Waals surface area contributed by atoms with Crippen molar-refractivity contribution >= 4 is 29.2 Å². The molecular formula is C11H5Cl2F7O2. The number of carbonyl (C=O) groups excluding carboxylic acids is 1. The number of hydrogen-bond acceptors (Lipinski definition) is 2. The lowest BCUT2D eigenvalue weighted by Gasteiger charge is -2.26. The zero-order chi connectivity index (χ0) is 17.3. The third-order valence-corrected chi connectivity index (χ3v) is 2.98. The van der Waals surface area contributed by atoms with Gasteiger partial charge in [0, 0.05) is 15.6 Å². The van der Waals surface area contributed by atoms with E-state index in [0.29, 0.717) is 0 Å². The molecule has 0 aliphatic rings. The minimum Gasteiger partial charge on any atom is -0.456 e. The predicted octanol–water partition coefficient (Wildman–Crippen LogP) is 4.87. The van der Waals surface area contributed by atoms with E-state index in [9.17, 15) is 35.5 Å². The van der Waals surface area contributed by atoms with E-state index in [0.717, 1.165) is 6.07 Å². The van der Waals surface area contributed by atoms with Crippen molar-refractivity contribution in [3.63, 3.8) is 0 Å². The van der Waals surface area contributed by atoms with Crippen LogP contribution in [0.3, 0.4) is 0 Å². The molecule has 1 rings (SSSR count). The first-order valence-corrected chi connectivity index (χ1v) is 6.00. The van der Waals surface area contributed by atoms with Crippen LogP contribution in [0.2, 0.25) is 10.0 Å². The molecule has 0 atom stereocenters. The fourth-order valence-corrected chi connectivity index (χ4v) is 1.56. The first-order chi connectivity index (χ1) is 9.80. The molecule has 11 heteroatoms. The Hall–Kier alpha value is -1.22. The van der Waals surface area contributed by atoms with E-state index in [1.165, 1.54) is 12.1 Å². The van der Waals surface area contributed by atoms with Crippen LogP contribution < -0.4 is 0 Å². The standard InChI is InChI=1S/C11H5Cl2F7O2/c12-6-1-2-7(13)5(3-6)4-22-8(21)9(14,15)10(16,17)11(18,19)20/h1-3H,4H2. The van der Waals surface area contributed by atoms with Gasteiger partial charge in [-0.2, -0.15) is 30.7 Å². The topological polar surface area (TPSA) is 26.3 Å². The second kappa shape index (κ2) is 6.11. The molecule has 0 spiro atoms. The van der Waals surface area contributed by atoms with E-state index in [-0.39, 0.29) is 15.6 Å². The molecule has 0 amide bonds. The number of alkyl halides is 7. The van der Waals surface area contributed by atoms with Gasteiger partial charge in [-0.15, -0.1) is 0 Å². The van der Waals surface area contributed by atoms with Crippen molar-refractivity contribution in [2.75, 3.05) is 0 Å². The molecule has 0 aliphatic carbocycles. The van der Waals surface area contributed by atoms with E-state index in [4.69, 9.17) is 23.2 Å². The van der Waals surface area contributed by atoms with Crippen molar-refractivity contribution in [2.24, 2.45) is 0 Å². The SMILES string of the molecule is O=C(OCc1cc(Cl)ccc1Cl)C(F)(F)C(F)(F)C(F)(F)F. The Morgan fingerprint density at radius 2 is 1.59 bits per heavy atom. The minimum absolute atomic E-state index is 0.0582. The normalized spacial score (nSPS) is 13.1. The average Bonchev–Trinajstić information content (AvgIpc) is 2.37. The summed E-state index contributed by atoms with van der Waals surface area (Å²) in [6.45, 7) is -1.05. The molecule has 0 N–H and O–H groups in total. The van der Waals surface area contributed by atoms with Crippen LogP contribution in [0.15, 0.2) is 18.2 Å². The van der Waals surface area contributed by atoms with Crippen LogP contribution in [0, 0.1) is 0 Å². The molecule has 0 fully saturated rings. The molecule has 2 nitrogen and oxygen atoms in total. The number of halogens is 9. The van der Waals surface area contributed by atoms with Crippen molar-refractivity contribution in [3.8, 4) is 0 Å². The van der Waals surface area contributed by atoms with E-state index in [2.05, 4.69) is 4.74 Å². The maximum Gasteiger partial charge on any atom is 0.460 e. The van der Waals surface area contributed by atoms with Crippen molar-refractivity contribution in [3.05, 3.63) is 33.8 Å². The highest BCUT2D eigenvalue weighted by Gasteiger charge is 2.77. The van der Waals surface area contributed by atoms with Crippen LogP contribution in [0.1, 0.15) is 5.56 Å². The van der Waals surface area contributed by atoms with Gasteiger partial charge in [0.05, 0.1) is 0 Å². The fourth-order valence-electron chi connectivity index (χ4n) is 1.19. The number of esters is 1. The van der Waals surface area contributed by atoms with E-state index >= 15 is 0 Å². The Morgan fingerprint density at radius 1 is 1.05 bits per heavy atom. The number of rotatable bonds is 4. The summed E-state index contributed by atoms with van der Waals surface area (Å²) in [7, 11) is 0. The van der Waals surface area contributed by atoms with Crippen molar-refractivity contribution in [2.45, 2.75) is 24.6 Å². The van der Waals surface area contributed by atoms with Gasteiger partial charge in [0.15, 0.2) is 0 Å². The van der Waals surface area contributed by atoms with Crippen molar-refractivity contribution in [1.29, 1.82) is 0 Å². The lowest BCUT2D eigenvalue weighted by atomic mass is 10.1. The second-order valence-electron chi connectivity index (χ2n) is 3.96. The molecule has 22 heavy (non-hydrogen) atoms. The minimum atomic E-state index is -6.62. The van der Waals surface area contributed by atoms with Gasteiger partial charge in [-0.1, -0.05) is 23.2 Å². The summed E-state index contributed by atoms with van der Waals surface area (Å²) >= 11 is 11.1. The molecular weight excluding hydrogens is 368 g/mol. The largest absolute Gasteiger partial charge is 0.460 e. The number of benzene rings is 1. The summed E-state index contributed by atoms with van der Waals surface area (Å²) in [6.07, 6.45) is -6.62. The van der Waals surface area contributed by atoms with Crippen LogP contribution in [-0.2, 0) is 16.1 Å². The third kappa shape index (κ3) is 3.57. The molecule has 0 bridgehead atoms. The van der Waals surface area contributed by atoms with Gasteiger partial charge >= 0.3 is 24.0 Å². The summed E-state index contributed by atoms with van der Waals surface area (Å²) in [5.74, 6) is -15.7. The number of hydrogen-bond donors (Lipinski definition) is 0. The number of ether oxygens (including phenoxy) is 1. The Morgan fingerprint density at radius 3 is 2.09 bits per heavy atom. The molecule has 0 radical (unpaired) electrons. The third-order valence-electron chi connectivity index (χ3n) is 2.37. The lowest BCUT2D eigenvalue weighted by molar-refractivity contribution is -0.348. The van der Waals surface area contributed by atoms with Gasteiger partial charge in [-0.3, -0.25) is 0 Å². The van der Waals surface area contributed by atoms with Crippen LogP contribution in [0.5, 0.6) is 0 Å². The van der Waals surface area contributed by atoms with Crippen LogP contribution in [0.25, 0.3) is 0 Å². The molecule has 1 aromatic rings. The van der Waals surface area contributed by atoms with Gasteiger partial charge in [0.25, 0.3) is 0 Å². The zero-order valence-corrected chi connectivity index (χ0v) is 11.7. The highest BCUT2D eigenvalue weighted by molar-refractivity contribution is 6.33. The molecule has 0 saturated carbocycles. The van der Waals surface area contributed by atoms with E-state index in [1.807, 2.05) is 0 Å². The molecule has 0 heterocycles. The number of carbonyl (C=O) groups is 1. The van der Waals surface area contributed by atoms with E-state index in [1.54, 1.807) is 0 Å². The zero-order valence-electron chi connectivity index (χ0n) is 10.2. The van der Waals surface area contributed by atoms with E-state index < -0.39 is 30.6 Å². The monoisotopic (exact) mass is 372 g/mol. The summed E-state index contributed by atoms with van der Waals surface area (Å²) in [5, 5.41) is -0.0501. The second-order valence-corrected chi connectivity index (χ2v) is 4.80. The van der Waals surface area contributed by atoms with Gasteiger partial charge in [0.1, 0.15) is 6.61 Å². The van der Waals surface area contributed by atoms with Crippen molar-refractivity contribution in [1.82, 2.24) is 0 Å². The lowest BCUT2D eigenvalue weighted by Crippen LogP contribution is -2.56.